The molecule has 2 unspecified atom stereocenters. The minimum absolute atomic E-state index is 0. The molecule has 0 radical (unpaired) electrons. The minimum atomic E-state index is -0.824. The van der Waals surface area contributed by atoms with Crippen molar-refractivity contribution in [2.75, 3.05) is 26.2 Å². The van der Waals surface area contributed by atoms with E-state index in [2.05, 4.69) is 0 Å². The van der Waals surface area contributed by atoms with Crippen molar-refractivity contribution in [1.82, 2.24) is 9.80 Å². The molecular formula is C19H27ClN2O4. The molecule has 2 aliphatic heterocycles. The van der Waals surface area contributed by atoms with Crippen molar-refractivity contribution in [2.45, 2.75) is 44.7 Å². The third-order valence-corrected chi connectivity index (χ3v) is 5.14. The van der Waals surface area contributed by atoms with Crippen molar-refractivity contribution in [3.63, 3.8) is 0 Å². The molecule has 2 fully saturated rings. The summed E-state index contributed by atoms with van der Waals surface area (Å²) >= 11 is 0. The number of carbonyl (C=O) groups is 2. The molecule has 6 nitrogen and oxygen atoms in total. The van der Waals surface area contributed by atoms with E-state index < -0.39 is 12.0 Å². The van der Waals surface area contributed by atoms with Crippen LogP contribution in [-0.4, -0.2) is 59.1 Å². The molecule has 0 bridgehead atoms. The van der Waals surface area contributed by atoms with Gasteiger partial charge in [-0.3, -0.25) is 14.5 Å². The van der Waals surface area contributed by atoms with E-state index in [1.54, 1.807) is 4.90 Å². The van der Waals surface area contributed by atoms with Gasteiger partial charge in [0, 0.05) is 6.54 Å². The Morgan fingerprint density at radius 3 is 2.50 bits per heavy atom. The average molecular weight is 383 g/mol. The molecule has 0 saturated carbocycles. The predicted molar refractivity (Wildman–Crippen MR) is 101 cm³/mol. The van der Waals surface area contributed by atoms with Crippen LogP contribution in [0.25, 0.3) is 0 Å². The fourth-order valence-electron chi connectivity index (χ4n) is 3.92. The quantitative estimate of drug-likeness (QED) is 0.819. The number of carboxylic acids is 1. The number of likely N-dealkylation sites (tertiary alicyclic amines) is 2. The SMILES string of the molecule is CCOc1ccc(C2CCCN2C(=O)CN2CCCC2C(=O)O)cc1.Cl. The Bertz CT molecular complexity index is 622. The van der Waals surface area contributed by atoms with Crippen LogP contribution in [0.1, 0.15) is 44.2 Å². The largest absolute Gasteiger partial charge is 0.494 e. The predicted octanol–water partition coefficient (Wildman–Crippen LogP) is 2.72. The van der Waals surface area contributed by atoms with Crippen LogP contribution in [0, 0.1) is 0 Å². The molecule has 2 aliphatic rings. The summed E-state index contributed by atoms with van der Waals surface area (Å²) in [6.45, 7) is 4.21. The molecule has 0 aliphatic carbocycles. The Kier molecular flexibility index (Phi) is 7.29. The maximum atomic E-state index is 12.8. The molecule has 2 saturated heterocycles. The number of aliphatic carboxylic acids is 1. The molecule has 1 amide bonds. The van der Waals surface area contributed by atoms with Crippen molar-refractivity contribution in [3.05, 3.63) is 29.8 Å². The standard InChI is InChI=1S/C19H26N2O4.ClH/c1-2-25-15-9-7-14(8-10-15)16-5-4-12-21(16)18(22)13-20-11-3-6-17(20)19(23)24;/h7-10,16-17H,2-6,11-13H2,1H3,(H,23,24);1H. The number of halogens is 1. The van der Waals surface area contributed by atoms with E-state index in [1.165, 1.54) is 0 Å². The Morgan fingerprint density at radius 1 is 1.15 bits per heavy atom. The zero-order valence-corrected chi connectivity index (χ0v) is 15.9. The summed E-state index contributed by atoms with van der Waals surface area (Å²) in [5.74, 6) is 0.0443. The number of hydrogen-bond acceptors (Lipinski definition) is 4. The van der Waals surface area contributed by atoms with Gasteiger partial charge in [-0.2, -0.15) is 0 Å². The first kappa shape index (κ1) is 20.5. The van der Waals surface area contributed by atoms with E-state index in [9.17, 15) is 14.7 Å². The molecule has 2 heterocycles. The topological polar surface area (TPSA) is 70.1 Å². The van der Waals surface area contributed by atoms with Crippen LogP contribution < -0.4 is 4.74 Å². The van der Waals surface area contributed by atoms with E-state index in [0.717, 1.165) is 37.1 Å². The van der Waals surface area contributed by atoms with Crippen molar-refractivity contribution >= 4 is 24.3 Å². The summed E-state index contributed by atoms with van der Waals surface area (Å²) in [7, 11) is 0. The molecule has 2 atom stereocenters. The Morgan fingerprint density at radius 2 is 1.85 bits per heavy atom. The van der Waals surface area contributed by atoms with Crippen molar-refractivity contribution in [2.24, 2.45) is 0 Å². The Hall–Kier alpha value is -1.79. The minimum Gasteiger partial charge on any atom is -0.494 e. The van der Waals surface area contributed by atoms with Gasteiger partial charge in [-0.25, -0.2) is 0 Å². The Labute approximate surface area is 160 Å². The van der Waals surface area contributed by atoms with Gasteiger partial charge in [0.1, 0.15) is 11.8 Å². The van der Waals surface area contributed by atoms with Crippen molar-refractivity contribution in [3.8, 4) is 5.75 Å². The van der Waals surface area contributed by atoms with E-state index in [0.29, 0.717) is 19.6 Å². The third kappa shape index (κ3) is 4.48. The van der Waals surface area contributed by atoms with Crippen molar-refractivity contribution in [1.29, 1.82) is 0 Å². The highest BCUT2D eigenvalue weighted by atomic mass is 35.5. The lowest BCUT2D eigenvalue weighted by Gasteiger charge is -2.28. The van der Waals surface area contributed by atoms with Gasteiger partial charge in [0.05, 0.1) is 19.2 Å². The number of ether oxygens (including phenoxy) is 1. The number of benzene rings is 1. The van der Waals surface area contributed by atoms with E-state index in [1.807, 2.05) is 36.1 Å². The summed E-state index contributed by atoms with van der Waals surface area (Å²) in [5, 5.41) is 9.28. The fraction of sp³-hybridized carbons (Fsp3) is 0.579. The zero-order valence-electron chi connectivity index (χ0n) is 15.1. The highest BCUT2D eigenvalue weighted by Gasteiger charge is 2.35. The van der Waals surface area contributed by atoms with Crippen LogP contribution in [0.2, 0.25) is 0 Å². The van der Waals surface area contributed by atoms with Crippen LogP contribution in [0.3, 0.4) is 0 Å². The summed E-state index contributed by atoms with van der Waals surface area (Å²) in [6.07, 6.45) is 3.39. The first-order chi connectivity index (χ1) is 12.1. The molecule has 1 N–H and O–H groups in total. The van der Waals surface area contributed by atoms with Gasteiger partial charge in [-0.15, -0.1) is 12.4 Å². The van der Waals surface area contributed by atoms with Gasteiger partial charge in [0.15, 0.2) is 0 Å². The lowest BCUT2D eigenvalue weighted by atomic mass is 10.0. The monoisotopic (exact) mass is 382 g/mol. The number of rotatable bonds is 6. The molecule has 144 valence electrons. The smallest absolute Gasteiger partial charge is 0.320 e. The highest BCUT2D eigenvalue weighted by Crippen LogP contribution is 2.33. The highest BCUT2D eigenvalue weighted by molar-refractivity contribution is 5.85. The van der Waals surface area contributed by atoms with Gasteiger partial charge in [-0.05, 0) is 56.8 Å². The molecule has 3 rings (SSSR count). The second kappa shape index (κ2) is 9.24. The van der Waals surface area contributed by atoms with Gasteiger partial charge < -0.3 is 14.7 Å². The fourth-order valence-corrected chi connectivity index (χ4v) is 3.92. The lowest BCUT2D eigenvalue weighted by molar-refractivity contribution is -0.143. The molecule has 0 spiro atoms. The summed E-state index contributed by atoms with van der Waals surface area (Å²) in [5.41, 5.74) is 1.12. The van der Waals surface area contributed by atoms with Gasteiger partial charge in [0.2, 0.25) is 5.91 Å². The van der Waals surface area contributed by atoms with Gasteiger partial charge in [-0.1, -0.05) is 12.1 Å². The maximum absolute atomic E-state index is 12.8. The summed E-state index contributed by atoms with van der Waals surface area (Å²) in [4.78, 5) is 27.8. The number of nitrogens with zero attached hydrogens (tertiary/aromatic N) is 2. The first-order valence-corrected chi connectivity index (χ1v) is 9.09. The van der Waals surface area contributed by atoms with Crippen LogP contribution >= 0.6 is 12.4 Å². The molecule has 1 aromatic carbocycles. The van der Waals surface area contributed by atoms with Gasteiger partial charge >= 0.3 is 5.97 Å². The molecule has 26 heavy (non-hydrogen) atoms. The number of carboxylic acid groups (broad SMARTS) is 1. The number of amides is 1. The van der Waals surface area contributed by atoms with E-state index in [-0.39, 0.29) is 30.9 Å². The van der Waals surface area contributed by atoms with Crippen LogP contribution in [0.15, 0.2) is 24.3 Å². The molecule has 1 aromatic rings. The number of hydrogen-bond donors (Lipinski definition) is 1. The van der Waals surface area contributed by atoms with E-state index in [4.69, 9.17) is 4.74 Å². The van der Waals surface area contributed by atoms with Gasteiger partial charge in [0.25, 0.3) is 0 Å². The maximum Gasteiger partial charge on any atom is 0.320 e. The molecule has 7 heteroatoms. The molecular weight excluding hydrogens is 356 g/mol. The lowest BCUT2D eigenvalue weighted by Crippen LogP contribution is -2.44. The average Bonchev–Trinajstić information content (AvgIpc) is 3.25. The van der Waals surface area contributed by atoms with Crippen LogP contribution in [0.5, 0.6) is 5.75 Å². The summed E-state index contributed by atoms with van der Waals surface area (Å²) in [6, 6.07) is 7.50. The molecule has 0 aromatic heterocycles. The first-order valence-electron chi connectivity index (χ1n) is 9.09. The number of carbonyl (C=O) groups excluding carboxylic acids is 1. The second-order valence-corrected chi connectivity index (χ2v) is 6.71. The third-order valence-electron chi connectivity index (χ3n) is 5.14. The summed E-state index contributed by atoms with van der Waals surface area (Å²) < 4.78 is 5.48. The van der Waals surface area contributed by atoms with Crippen LogP contribution in [-0.2, 0) is 9.59 Å². The van der Waals surface area contributed by atoms with Crippen LogP contribution in [0.4, 0.5) is 0 Å². The van der Waals surface area contributed by atoms with Crippen molar-refractivity contribution < 1.29 is 19.4 Å². The zero-order chi connectivity index (χ0) is 17.8. The normalized spacial score (nSPS) is 22.9. The Balaban J connectivity index is 0.00000243. The second-order valence-electron chi connectivity index (χ2n) is 6.71. The van der Waals surface area contributed by atoms with E-state index >= 15 is 0 Å².